The van der Waals surface area contributed by atoms with Crippen LogP contribution in [0.3, 0.4) is 0 Å². The minimum Gasteiger partial charge on any atom is -0.497 e. The monoisotopic (exact) mass is 394 g/mol. The number of thioether (sulfide) groups is 1. The molecule has 2 aromatic carbocycles. The molecule has 6 heteroatoms. The molecule has 2 heterocycles. The highest BCUT2D eigenvalue weighted by Crippen LogP contribution is 2.24. The first-order valence-electron chi connectivity index (χ1n) is 8.57. The maximum absolute atomic E-state index is 13.0. The van der Waals surface area contributed by atoms with Crippen molar-refractivity contribution in [2.45, 2.75) is 11.6 Å². The third-order valence-corrected chi connectivity index (χ3v) is 6.01. The Balaban J connectivity index is 1.63. The summed E-state index contributed by atoms with van der Waals surface area (Å²) in [6, 6.07) is 19.6. The summed E-state index contributed by atoms with van der Waals surface area (Å²) in [6.45, 7) is 0. The highest BCUT2D eigenvalue weighted by molar-refractivity contribution is 7.99. The van der Waals surface area contributed by atoms with E-state index in [1.54, 1.807) is 23.4 Å². The number of hydrogen-bond acceptors (Lipinski definition) is 5. The first kappa shape index (κ1) is 17.8. The fourth-order valence-electron chi connectivity index (χ4n) is 2.85. The molecule has 2 aromatic heterocycles. The van der Waals surface area contributed by atoms with Crippen molar-refractivity contribution >= 4 is 33.3 Å². The second-order valence-corrected chi connectivity index (χ2v) is 7.91. The summed E-state index contributed by atoms with van der Waals surface area (Å²) in [7, 11) is 1.67. The van der Waals surface area contributed by atoms with Crippen LogP contribution in [-0.2, 0) is 6.42 Å². The normalized spacial score (nSPS) is 11.0. The molecule has 0 radical (unpaired) electrons. The van der Waals surface area contributed by atoms with Crippen LogP contribution < -0.4 is 10.3 Å². The quantitative estimate of drug-likeness (QED) is 0.348. The van der Waals surface area contributed by atoms with Crippen LogP contribution in [0.5, 0.6) is 5.75 Å². The van der Waals surface area contributed by atoms with E-state index in [1.165, 1.54) is 16.9 Å². The second-order valence-electron chi connectivity index (χ2n) is 5.96. The summed E-state index contributed by atoms with van der Waals surface area (Å²) in [5, 5.41) is 3.32. The number of aryl methyl sites for hydroxylation is 1. The SMILES string of the molecule is COc1ccc(CCSc2nc3sccc3c(=O)n2-c2ccccc2)cc1. The van der Waals surface area contributed by atoms with Crippen LogP contribution in [-0.4, -0.2) is 22.4 Å². The lowest BCUT2D eigenvalue weighted by molar-refractivity contribution is 0.414. The molecular formula is C21H18N2O2S2. The summed E-state index contributed by atoms with van der Waals surface area (Å²) >= 11 is 3.11. The van der Waals surface area contributed by atoms with Crippen molar-refractivity contribution in [1.82, 2.24) is 9.55 Å². The van der Waals surface area contributed by atoms with Gasteiger partial charge in [-0.2, -0.15) is 0 Å². The standard InChI is InChI=1S/C21H18N2O2S2/c1-25-17-9-7-15(8-10-17)11-13-27-21-22-19-18(12-14-26-19)20(24)23(21)16-5-3-2-4-6-16/h2-10,12,14H,11,13H2,1H3. The van der Waals surface area contributed by atoms with Gasteiger partial charge in [0.05, 0.1) is 18.2 Å². The number of ether oxygens (including phenoxy) is 1. The van der Waals surface area contributed by atoms with Gasteiger partial charge < -0.3 is 4.74 Å². The third kappa shape index (κ3) is 3.77. The minimum atomic E-state index is -0.0144. The molecule has 0 spiro atoms. The lowest BCUT2D eigenvalue weighted by Gasteiger charge is -2.12. The second kappa shape index (κ2) is 7.98. The van der Waals surface area contributed by atoms with Crippen LogP contribution in [0.1, 0.15) is 5.56 Å². The van der Waals surface area contributed by atoms with E-state index < -0.39 is 0 Å². The Hall–Kier alpha value is -2.57. The lowest BCUT2D eigenvalue weighted by Crippen LogP contribution is -2.21. The van der Waals surface area contributed by atoms with E-state index in [0.29, 0.717) is 5.39 Å². The maximum Gasteiger partial charge on any atom is 0.267 e. The van der Waals surface area contributed by atoms with E-state index >= 15 is 0 Å². The van der Waals surface area contributed by atoms with Crippen molar-refractivity contribution in [3.8, 4) is 11.4 Å². The van der Waals surface area contributed by atoms with Gasteiger partial charge in [-0.15, -0.1) is 11.3 Å². The van der Waals surface area contributed by atoms with Gasteiger partial charge in [-0.3, -0.25) is 9.36 Å². The molecule has 0 aliphatic heterocycles. The zero-order valence-corrected chi connectivity index (χ0v) is 16.4. The molecule has 0 aliphatic rings. The Kier molecular flexibility index (Phi) is 5.27. The Bertz CT molecular complexity index is 1100. The molecular weight excluding hydrogens is 376 g/mol. The molecule has 0 N–H and O–H groups in total. The van der Waals surface area contributed by atoms with E-state index in [0.717, 1.165) is 33.6 Å². The van der Waals surface area contributed by atoms with E-state index in [4.69, 9.17) is 9.72 Å². The molecule has 0 amide bonds. The fourth-order valence-corrected chi connectivity index (χ4v) is 4.65. The molecule has 0 atom stereocenters. The fraction of sp³-hybridized carbons (Fsp3) is 0.143. The molecule has 4 nitrogen and oxygen atoms in total. The van der Waals surface area contributed by atoms with E-state index in [2.05, 4.69) is 12.1 Å². The smallest absolute Gasteiger partial charge is 0.267 e. The van der Waals surface area contributed by atoms with E-state index in [1.807, 2.05) is 53.9 Å². The molecule has 136 valence electrons. The van der Waals surface area contributed by atoms with Gasteiger partial charge in [0.2, 0.25) is 0 Å². The number of aromatic nitrogens is 2. The maximum atomic E-state index is 13.0. The molecule has 0 fully saturated rings. The first-order valence-corrected chi connectivity index (χ1v) is 10.4. The number of para-hydroxylation sites is 1. The van der Waals surface area contributed by atoms with Gasteiger partial charge in [0.1, 0.15) is 10.6 Å². The third-order valence-electron chi connectivity index (χ3n) is 4.26. The van der Waals surface area contributed by atoms with Gasteiger partial charge in [-0.05, 0) is 47.7 Å². The van der Waals surface area contributed by atoms with Crippen molar-refractivity contribution in [2.24, 2.45) is 0 Å². The number of fused-ring (bicyclic) bond motifs is 1. The summed E-state index contributed by atoms with van der Waals surface area (Å²) < 4.78 is 6.92. The molecule has 0 saturated carbocycles. The van der Waals surface area contributed by atoms with Gasteiger partial charge in [0.25, 0.3) is 5.56 Å². The number of rotatable bonds is 6. The zero-order valence-electron chi connectivity index (χ0n) is 14.8. The molecule has 0 aliphatic carbocycles. The number of benzene rings is 2. The Morgan fingerprint density at radius 1 is 1.07 bits per heavy atom. The van der Waals surface area contributed by atoms with Gasteiger partial charge in [-0.25, -0.2) is 4.98 Å². The predicted octanol–water partition coefficient (Wildman–Crippen LogP) is 4.79. The molecule has 0 saturated heterocycles. The lowest BCUT2D eigenvalue weighted by atomic mass is 10.2. The van der Waals surface area contributed by atoms with Crippen molar-refractivity contribution in [3.63, 3.8) is 0 Å². The Morgan fingerprint density at radius 3 is 2.59 bits per heavy atom. The molecule has 0 bridgehead atoms. The van der Waals surface area contributed by atoms with E-state index in [9.17, 15) is 4.79 Å². The van der Waals surface area contributed by atoms with Gasteiger partial charge in [-0.1, -0.05) is 42.1 Å². The van der Waals surface area contributed by atoms with E-state index in [-0.39, 0.29) is 5.56 Å². The predicted molar refractivity (Wildman–Crippen MR) is 113 cm³/mol. The summed E-state index contributed by atoms with van der Waals surface area (Å²) in [6.07, 6.45) is 0.891. The molecule has 4 aromatic rings. The van der Waals surface area contributed by atoms with Crippen molar-refractivity contribution in [2.75, 3.05) is 12.9 Å². The summed E-state index contributed by atoms with van der Waals surface area (Å²) in [5.41, 5.74) is 2.06. The van der Waals surface area contributed by atoms with Crippen LogP contribution in [0.15, 0.2) is 76.0 Å². The topological polar surface area (TPSA) is 44.1 Å². The number of methoxy groups -OCH3 is 1. The zero-order chi connectivity index (χ0) is 18.6. The van der Waals surface area contributed by atoms with Gasteiger partial charge in [0, 0.05) is 5.75 Å². The summed E-state index contributed by atoms with van der Waals surface area (Å²) in [4.78, 5) is 18.6. The first-order chi connectivity index (χ1) is 13.3. The van der Waals surface area contributed by atoms with Crippen molar-refractivity contribution in [1.29, 1.82) is 0 Å². The highest BCUT2D eigenvalue weighted by atomic mass is 32.2. The minimum absolute atomic E-state index is 0.0144. The van der Waals surface area contributed by atoms with Crippen molar-refractivity contribution in [3.05, 3.63) is 82.0 Å². The molecule has 27 heavy (non-hydrogen) atoms. The van der Waals surface area contributed by atoms with Crippen LogP contribution in [0.4, 0.5) is 0 Å². The Labute approximate surface area is 165 Å². The van der Waals surface area contributed by atoms with Crippen LogP contribution in [0.2, 0.25) is 0 Å². The largest absolute Gasteiger partial charge is 0.497 e. The average Bonchev–Trinajstić information content (AvgIpc) is 3.18. The number of nitrogens with zero attached hydrogens (tertiary/aromatic N) is 2. The number of thiophene rings is 1. The van der Waals surface area contributed by atoms with Crippen LogP contribution in [0.25, 0.3) is 15.9 Å². The van der Waals surface area contributed by atoms with Gasteiger partial charge in [0.15, 0.2) is 5.16 Å². The molecule has 0 unspecified atom stereocenters. The average molecular weight is 395 g/mol. The molecule has 4 rings (SSSR count). The van der Waals surface area contributed by atoms with Crippen LogP contribution >= 0.6 is 23.1 Å². The van der Waals surface area contributed by atoms with Crippen LogP contribution in [0, 0.1) is 0 Å². The summed E-state index contributed by atoms with van der Waals surface area (Å²) in [5.74, 6) is 1.69. The van der Waals surface area contributed by atoms with Gasteiger partial charge >= 0.3 is 0 Å². The Morgan fingerprint density at radius 2 is 1.85 bits per heavy atom. The van der Waals surface area contributed by atoms with Crippen molar-refractivity contribution < 1.29 is 4.74 Å². The number of hydrogen-bond donors (Lipinski definition) is 0. The highest BCUT2D eigenvalue weighted by Gasteiger charge is 2.14.